The molecule has 0 spiro atoms. The van der Waals surface area contributed by atoms with Gasteiger partial charge in [0.2, 0.25) is 5.84 Å². The molecule has 8 nitrogen and oxygen atoms in total. The Hall–Kier alpha value is -1.86. The fraction of sp³-hybridized carbons (Fsp3) is 0.333. The third kappa shape index (κ3) is 67.0. The second kappa shape index (κ2) is 6.26. The molecule has 0 heterocycles. The molecule has 0 unspecified atom stereocenters. The smallest absolute Gasteiger partial charge is 0.482 e. The highest BCUT2D eigenvalue weighted by Gasteiger charge is 1.87. The second-order valence-corrected chi connectivity index (χ2v) is 1.43. The number of nitro groups is 1. The molecule has 0 rings (SSSR count). The van der Waals surface area contributed by atoms with Gasteiger partial charge in [0.15, 0.2) is 0 Å². The summed E-state index contributed by atoms with van der Waals surface area (Å²) in [5, 5.41) is 32.2. The van der Waals surface area contributed by atoms with Gasteiger partial charge in [0, 0.05) is 6.92 Å². The molecule has 0 bridgehead atoms. The van der Waals surface area contributed by atoms with Crippen LogP contribution in [0.3, 0.4) is 0 Å². The summed E-state index contributed by atoms with van der Waals surface area (Å²) in [6.45, 7) is 1.64. The average molecular weight is 164 g/mol. The first kappa shape index (κ1) is 11.9. The highest BCUT2D eigenvalue weighted by Crippen LogP contribution is 1.58. The number of hydrogen-bond donors (Lipinski definition) is 2. The van der Waals surface area contributed by atoms with Crippen molar-refractivity contribution in [2.24, 2.45) is 5.73 Å². The van der Waals surface area contributed by atoms with Crippen LogP contribution in [0.2, 0.25) is 0 Å². The van der Waals surface area contributed by atoms with E-state index in [4.69, 9.17) is 31.7 Å². The Labute approximate surface area is 61.8 Å². The zero-order valence-corrected chi connectivity index (χ0v) is 5.76. The summed E-state index contributed by atoms with van der Waals surface area (Å²) in [6, 6.07) is 0. The van der Waals surface area contributed by atoms with Gasteiger partial charge in [0.1, 0.15) is 4.92 Å². The number of rotatable bonds is 1. The molecule has 0 aromatic heterocycles. The molecular formula is C3H8N4O4. The van der Waals surface area contributed by atoms with Crippen LogP contribution in [0.15, 0.2) is 0 Å². The number of nitrogens with zero attached hydrogens (tertiary/aromatic N) is 2. The molecule has 8 heteroatoms. The maximum Gasteiger partial charge on any atom is 0.482 e. The Kier molecular flexibility index (Phi) is 6.76. The third-order valence-corrected chi connectivity index (χ3v) is 0.189. The van der Waals surface area contributed by atoms with Gasteiger partial charge in [-0.25, -0.2) is 0 Å². The maximum atomic E-state index is 9.12. The number of nitrogens with two attached hydrogens (primary N) is 2. The first-order chi connectivity index (χ1) is 4.86. The van der Waals surface area contributed by atoms with Crippen LogP contribution in [0.5, 0.6) is 0 Å². The van der Waals surface area contributed by atoms with Crippen molar-refractivity contribution < 1.29 is 15.2 Å². The lowest BCUT2D eigenvalue weighted by Gasteiger charge is -1.94. The Morgan fingerprint density at radius 2 is 1.82 bits per heavy atom. The van der Waals surface area contributed by atoms with E-state index < -0.39 is 9.83 Å². The summed E-state index contributed by atoms with van der Waals surface area (Å²) in [5.74, 6) is 0.417. The Balaban J connectivity index is 0. The van der Waals surface area contributed by atoms with E-state index in [2.05, 4.69) is 0 Å². The number of amidine groups is 1. The zero-order chi connectivity index (χ0) is 9.44. The first-order valence-corrected chi connectivity index (χ1v) is 2.32. The van der Waals surface area contributed by atoms with E-state index in [1.807, 2.05) is 0 Å². The van der Waals surface area contributed by atoms with Crippen molar-refractivity contribution in [3.63, 3.8) is 0 Å². The minimum atomic E-state index is -1.12. The van der Waals surface area contributed by atoms with E-state index in [0.717, 1.165) is 0 Å². The summed E-state index contributed by atoms with van der Waals surface area (Å²) < 4.78 is 0. The van der Waals surface area contributed by atoms with Crippen molar-refractivity contribution in [3.8, 4) is 0 Å². The minimum Gasteiger partial charge on any atom is -0.608 e. The fourth-order valence-corrected chi connectivity index (χ4v) is 0.0770. The van der Waals surface area contributed by atoms with Gasteiger partial charge in [0.05, 0.1) is 0 Å². The molecule has 4 N–H and O–H groups in total. The summed E-state index contributed by atoms with van der Waals surface area (Å²) >= 11 is 0. The van der Waals surface area contributed by atoms with Gasteiger partial charge < -0.3 is 10.4 Å². The molecule has 64 valence electrons. The lowest BCUT2D eigenvalue weighted by molar-refractivity contribution is -0.464. The predicted molar refractivity (Wildman–Crippen MR) is 36.8 cm³/mol. The average Bonchev–Trinajstić information content (AvgIpc) is 1.56. The summed E-state index contributed by atoms with van der Waals surface area (Å²) in [6.07, 6.45) is -0.222. The van der Waals surface area contributed by atoms with Crippen LogP contribution in [0.4, 0.5) is 0 Å². The van der Waals surface area contributed by atoms with E-state index in [-0.39, 0.29) is 6.34 Å². The molecule has 11 heavy (non-hydrogen) atoms. The van der Waals surface area contributed by atoms with Crippen molar-refractivity contribution in [3.05, 3.63) is 20.5 Å². The second-order valence-electron chi connectivity index (χ2n) is 1.43. The molecule has 0 atom stereocenters. The van der Waals surface area contributed by atoms with Gasteiger partial charge >= 0.3 is 6.34 Å². The van der Waals surface area contributed by atoms with Crippen LogP contribution in [0, 0.1) is 20.5 Å². The standard InChI is InChI=1S/C2H6N2.CHN2O4/c1-2(3)4;4-2(5)1-3(6)7/h1H3,(H3,3,4);1H/q;-1/p+1. The Morgan fingerprint density at radius 3 is 1.82 bits per heavy atom. The SMILES string of the molecule is CC(N)=[NH2+].O=[N+]([O-])C=[N+]([O-])[O-]. The van der Waals surface area contributed by atoms with Crippen LogP contribution in [-0.4, -0.2) is 22.0 Å². The highest BCUT2D eigenvalue weighted by molar-refractivity contribution is 5.70. The maximum absolute atomic E-state index is 9.12. The van der Waals surface area contributed by atoms with Crippen molar-refractivity contribution >= 4 is 12.2 Å². The Morgan fingerprint density at radius 1 is 1.55 bits per heavy atom. The van der Waals surface area contributed by atoms with Gasteiger partial charge in [0.25, 0.3) is 0 Å². The van der Waals surface area contributed by atoms with E-state index in [9.17, 15) is 0 Å². The van der Waals surface area contributed by atoms with Crippen LogP contribution in [0.1, 0.15) is 6.92 Å². The van der Waals surface area contributed by atoms with Gasteiger partial charge in [-0.1, -0.05) is 0 Å². The van der Waals surface area contributed by atoms with E-state index in [1.54, 1.807) is 6.92 Å². The van der Waals surface area contributed by atoms with Crippen LogP contribution in [0.25, 0.3) is 0 Å². The van der Waals surface area contributed by atoms with Gasteiger partial charge in [-0.2, -0.15) is 0 Å². The fourth-order valence-electron chi connectivity index (χ4n) is 0.0770. The molecule has 0 aliphatic heterocycles. The van der Waals surface area contributed by atoms with Crippen molar-refractivity contribution in [1.29, 1.82) is 0 Å². The monoisotopic (exact) mass is 164 g/mol. The largest absolute Gasteiger partial charge is 0.608 e. The normalized spacial score (nSPS) is 7.00. The van der Waals surface area contributed by atoms with Gasteiger partial charge in [-0.05, 0) is 0 Å². The molecule has 0 fully saturated rings. The lowest BCUT2D eigenvalue weighted by Crippen LogP contribution is -2.43. The van der Waals surface area contributed by atoms with Crippen molar-refractivity contribution in [2.75, 3.05) is 0 Å². The van der Waals surface area contributed by atoms with Crippen LogP contribution < -0.4 is 11.1 Å². The molecule has 0 aromatic rings. The van der Waals surface area contributed by atoms with Gasteiger partial charge in [-0.15, -0.1) is 4.90 Å². The van der Waals surface area contributed by atoms with E-state index in [1.165, 1.54) is 0 Å². The van der Waals surface area contributed by atoms with E-state index >= 15 is 0 Å². The first-order valence-electron chi connectivity index (χ1n) is 2.32. The van der Waals surface area contributed by atoms with Gasteiger partial charge in [-0.3, -0.25) is 21.3 Å². The number of hydrogen-bond acceptors (Lipinski definition) is 4. The predicted octanol–water partition coefficient (Wildman–Crippen LogP) is -2.58. The molecule has 0 amide bonds. The molecule has 0 radical (unpaired) electrons. The topological polar surface area (TPSA) is 144 Å². The molecule has 0 aromatic carbocycles. The van der Waals surface area contributed by atoms with Crippen molar-refractivity contribution in [2.45, 2.75) is 6.92 Å². The van der Waals surface area contributed by atoms with Crippen LogP contribution >= 0.6 is 0 Å². The summed E-state index contributed by atoms with van der Waals surface area (Å²) in [5.41, 5.74) is 4.81. The Bertz CT molecular complexity index is 168. The molecule has 0 aliphatic rings. The summed E-state index contributed by atoms with van der Waals surface area (Å²) in [7, 11) is 0. The summed E-state index contributed by atoms with van der Waals surface area (Å²) in [4.78, 5) is 6.87. The highest BCUT2D eigenvalue weighted by atomic mass is 16.8. The third-order valence-electron chi connectivity index (χ3n) is 0.189. The molecular weight excluding hydrogens is 156 g/mol. The zero-order valence-electron chi connectivity index (χ0n) is 5.76. The molecule has 0 aliphatic carbocycles. The van der Waals surface area contributed by atoms with Crippen molar-refractivity contribution in [1.82, 2.24) is 0 Å². The molecule has 0 saturated carbocycles. The van der Waals surface area contributed by atoms with E-state index in [0.29, 0.717) is 5.84 Å². The minimum absolute atomic E-state index is 0.222. The van der Waals surface area contributed by atoms with Crippen LogP contribution in [-0.2, 0) is 0 Å². The lowest BCUT2D eigenvalue weighted by atomic mass is 10.8. The quantitative estimate of drug-likeness (QED) is 0.144. The molecule has 0 saturated heterocycles.